The molecule has 41 heavy (non-hydrogen) atoms. The van der Waals surface area contributed by atoms with Crippen LogP contribution in [0, 0.1) is 27.7 Å². The maximum Gasteiger partial charge on any atom is 0.337 e. The van der Waals surface area contributed by atoms with Gasteiger partial charge >= 0.3 is 5.97 Å². The van der Waals surface area contributed by atoms with Crippen LogP contribution in [-0.2, 0) is 19.6 Å². The number of rotatable bonds is 7. The molecule has 220 valence electrons. The molecular formula is C31H37ClN2O6S. The van der Waals surface area contributed by atoms with Crippen LogP contribution in [0.3, 0.4) is 0 Å². The summed E-state index contributed by atoms with van der Waals surface area (Å²) in [6, 6.07) is 9.30. The molecule has 0 aliphatic carbocycles. The van der Waals surface area contributed by atoms with Crippen LogP contribution in [0.15, 0.2) is 30.3 Å². The average Bonchev–Trinajstić information content (AvgIpc) is 2.86. The lowest BCUT2D eigenvalue weighted by molar-refractivity contribution is -0.160. The van der Waals surface area contributed by atoms with Crippen molar-refractivity contribution in [2.45, 2.75) is 60.2 Å². The summed E-state index contributed by atoms with van der Waals surface area (Å²) < 4.78 is 40.1. The number of carboxylic acids is 1. The van der Waals surface area contributed by atoms with Crippen molar-refractivity contribution in [1.82, 2.24) is 0 Å². The first-order chi connectivity index (χ1) is 19.0. The first-order valence-corrected chi connectivity index (χ1v) is 15.6. The molecular weight excluding hydrogens is 564 g/mol. The van der Waals surface area contributed by atoms with E-state index in [1.165, 1.54) is 0 Å². The monoisotopic (exact) mass is 600 g/mol. The minimum absolute atomic E-state index is 0.298. The second-order valence-electron chi connectivity index (χ2n) is 11.5. The molecule has 1 heterocycles. The molecule has 0 saturated heterocycles. The molecule has 3 aromatic carbocycles. The quantitative estimate of drug-likeness (QED) is 0.267. The number of fused-ring (bicyclic) bond motifs is 1. The van der Waals surface area contributed by atoms with Crippen LogP contribution in [0.4, 0.5) is 11.4 Å². The third kappa shape index (κ3) is 6.32. The van der Waals surface area contributed by atoms with E-state index in [2.05, 4.69) is 10.0 Å². The summed E-state index contributed by atoms with van der Waals surface area (Å²) >= 11 is 6.35. The van der Waals surface area contributed by atoms with Gasteiger partial charge in [-0.15, -0.1) is 0 Å². The van der Waals surface area contributed by atoms with Gasteiger partial charge in [0.1, 0.15) is 12.4 Å². The zero-order chi connectivity index (χ0) is 30.4. The zero-order valence-corrected chi connectivity index (χ0v) is 26.2. The molecule has 1 aliphatic rings. The predicted octanol–water partition coefficient (Wildman–Crippen LogP) is 7.02. The number of carbonyl (C=O) groups is 1. The highest BCUT2D eigenvalue weighted by Crippen LogP contribution is 2.49. The zero-order valence-electron chi connectivity index (χ0n) is 24.7. The van der Waals surface area contributed by atoms with E-state index >= 15 is 0 Å². The summed E-state index contributed by atoms with van der Waals surface area (Å²) in [6.45, 7) is 14.0. The van der Waals surface area contributed by atoms with E-state index < -0.39 is 27.7 Å². The Hall–Kier alpha value is -3.27. The van der Waals surface area contributed by atoms with Crippen molar-refractivity contribution in [1.29, 1.82) is 0 Å². The Bertz CT molecular complexity index is 1640. The van der Waals surface area contributed by atoms with Crippen LogP contribution in [0.2, 0.25) is 5.02 Å². The molecule has 4 rings (SSSR count). The number of hydrogen-bond donors (Lipinski definition) is 3. The van der Waals surface area contributed by atoms with Gasteiger partial charge in [0.05, 0.1) is 23.2 Å². The van der Waals surface area contributed by atoms with Gasteiger partial charge in [-0.2, -0.15) is 0 Å². The van der Waals surface area contributed by atoms with E-state index in [1.807, 2.05) is 45.0 Å². The molecule has 3 aromatic rings. The van der Waals surface area contributed by atoms with E-state index in [-0.39, 0.29) is 0 Å². The Balaban J connectivity index is 2.21. The van der Waals surface area contributed by atoms with Gasteiger partial charge in [0.15, 0.2) is 6.10 Å². The van der Waals surface area contributed by atoms with Crippen molar-refractivity contribution in [3.05, 3.63) is 63.2 Å². The van der Waals surface area contributed by atoms with Crippen LogP contribution in [0.1, 0.15) is 54.7 Å². The largest absolute Gasteiger partial charge is 0.490 e. The molecule has 0 amide bonds. The molecule has 0 unspecified atom stereocenters. The van der Waals surface area contributed by atoms with E-state index in [4.69, 9.17) is 21.1 Å². The number of anilines is 2. The lowest BCUT2D eigenvalue weighted by Gasteiger charge is -2.32. The standard InChI is InChI=1S/C31H37ClN2O6S/c1-16-15-20(9-11-22(16)32)24-18(3)25(21-10-12-23-27(17(21)2)33-13-14-39-23)26(19(4)28(24)34-41(8,37)38)29(30(35)36)40-31(5,6)7/h9-12,15,29,33-34H,13-14H2,1-8H3,(H,35,36)/t29-/m1/s1. The molecule has 0 radical (unpaired) electrons. The molecule has 0 saturated carbocycles. The third-order valence-corrected chi connectivity index (χ3v) is 8.10. The normalized spacial score (nSPS) is 14.1. The molecule has 0 aromatic heterocycles. The fourth-order valence-electron chi connectivity index (χ4n) is 5.39. The number of aryl methyl sites for hydroxylation is 1. The number of sulfonamides is 1. The highest BCUT2D eigenvalue weighted by Gasteiger charge is 2.35. The van der Waals surface area contributed by atoms with E-state index in [0.717, 1.165) is 39.9 Å². The van der Waals surface area contributed by atoms with Crippen molar-refractivity contribution in [2.75, 3.05) is 29.4 Å². The number of carboxylic acid groups (broad SMARTS) is 1. The van der Waals surface area contributed by atoms with Gasteiger partial charge in [-0.05, 0) is 106 Å². The Kier molecular flexibility index (Phi) is 8.38. The molecule has 1 aliphatic heterocycles. The topological polar surface area (TPSA) is 114 Å². The highest BCUT2D eigenvalue weighted by atomic mass is 35.5. The Morgan fingerprint density at radius 1 is 1.07 bits per heavy atom. The lowest BCUT2D eigenvalue weighted by Crippen LogP contribution is -2.29. The summed E-state index contributed by atoms with van der Waals surface area (Å²) in [5.74, 6) is -0.459. The number of halogens is 1. The van der Waals surface area contributed by atoms with E-state index in [9.17, 15) is 18.3 Å². The van der Waals surface area contributed by atoms with Gasteiger partial charge in [-0.25, -0.2) is 13.2 Å². The van der Waals surface area contributed by atoms with Crippen molar-refractivity contribution in [3.8, 4) is 28.0 Å². The number of nitrogens with one attached hydrogen (secondary N) is 2. The van der Waals surface area contributed by atoms with Crippen LogP contribution in [0.5, 0.6) is 5.75 Å². The third-order valence-electron chi connectivity index (χ3n) is 7.10. The van der Waals surface area contributed by atoms with Gasteiger partial charge in [-0.3, -0.25) is 4.72 Å². The highest BCUT2D eigenvalue weighted by molar-refractivity contribution is 7.92. The van der Waals surface area contributed by atoms with Gasteiger partial charge in [0.2, 0.25) is 10.0 Å². The second-order valence-corrected chi connectivity index (χ2v) is 13.6. The van der Waals surface area contributed by atoms with Gasteiger partial charge in [0.25, 0.3) is 0 Å². The SMILES string of the molecule is Cc1cc(-c2c(C)c(-c3ccc4c(c3C)NCCO4)c([C@@H](OC(C)(C)C)C(=O)O)c(C)c2NS(C)(=O)=O)ccc1Cl. The number of benzene rings is 3. The number of aliphatic carboxylic acids is 1. The number of ether oxygens (including phenoxy) is 2. The lowest BCUT2D eigenvalue weighted by atomic mass is 9.81. The molecule has 3 N–H and O–H groups in total. The maximum absolute atomic E-state index is 12.9. The Morgan fingerprint density at radius 2 is 1.76 bits per heavy atom. The van der Waals surface area contributed by atoms with Crippen LogP contribution < -0.4 is 14.8 Å². The Morgan fingerprint density at radius 3 is 2.34 bits per heavy atom. The summed E-state index contributed by atoms with van der Waals surface area (Å²) in [7, 11) is -3.75. The minimum atomic E-state index is -3.75. The summed E-state index contributed by atoms with van der Waals surface area (Å²) in [5, 5.41) is 14.5. The van der Waals surface area contributed by atoms with E-state index in [1.54, 1.807) is 33.8 Å². The molecule has 0 bridgehead atoms. The minimum Gasteiger partial charge on any atom is -0.490 e. The van der Waals surface area contributed by atoms with Crippen molar-refractivity contribution in [3.63, 3.8) is 0 Å². The molecule has 10 heteroatoms. The predicted molar refractivity (Wildman–Crippen MR) is 165 cm³/mol. The molecule has 1 atom stereocenters. The molecule has 8 nitrogen and oxygen atoms in total. The fraction of sp³-hybridized carbons (Fsp3) is 0.387. The van der Waals surface area contributed by atoms with Gasteiger partial charge in [-0.1, -0.05) is 23.7 Å². The molecule has 0 fully saturated rings. The summed E-state index contributed by atoms with van der Waals surface area (Å²) in [4.78, 5) is 12.9. The maximum atomic E-state index is 12.9. The van der Waals surface area contributed by atoms with Crippen LogP contribution in [0.25, 0.3) is 22.3 Å². The first kappa shape index (κ1) is 30.7. The van der Waals surface area contributed by atoms with Gasteiger partial charge < -0.3 is 19.9 Å². The van der Waals surface area contributed by atoms with Crippen LogP contribution in [-0.4, -0.2) is 44.5 Å². The van der Waals surface area contributed by atoms with Crippen molar-refractivity contribution < 1.29 is 27.8 Å². The summed E-state index contributed by atoms with van der Waals surface area (Å²) in [6.07, 6.45) is -0.309. The van der Waals surface area contributed by atoms with E-state index in [0.29, 0.717) is 51.7 Å². The summed E-state index contributed by atoms with van der Waals surface area (Å²) in [5.41, 5.74) is 6.39. The first-order valence-electron chi connectivity index (χ1n) is 13.3. The number of hydrogen-bond acceptors (Lipinski definition) is 6. The smallest absolute Gasteiger partial charge is 0.337 e. The van der Waals surface area contributed by atoms with Crippen LogP contribution >= 0.6 is 11.6 Å². The van der Waals surface area contributed by atoms with Crippen molar-refractivity contribution >= 4 is 39.0 Å². The van der Waals surface area contributed by atoms with Crippen molar-refractivity contribution in [2.24, 2.45) is 0 Å². The van der Waals surface area contributed by atoms with Gasteiger partial charge in [0, 0.05) is 22.7 Å². The average molecular weight is 601 g/mol. The fourth-order valence-corrected chi connectivity index (χ4v) is 6.14. The Labute approximate surface area is 247 Å². The molecule has 0 spiro atoms. The second kappa shape index (κ2) is 11.2.